The van der Waals surface area contributed by atoms with E-state index in [4.69, 9.17) is 0 Å². The first-order valence-electron chi connectivity index (χ1n) is 6.69. The van der Waals surface area contributed by atoms with Gasteiger partial charge in [-0.2, -0.15) is 26.3 Å². The van der Waals surface area contributed by atoms with Crippen molar-refractivity contribution in [2.75, 3.05) is 0 Å². The minimum absolute atomic E-state index is 0.275. The summed E-state index contributed by atoms with van der Waals surface area (Å²) in [7, 11) is 0. The Morgan fingerprint density at radius 3 is 1.92 bits per heavy atom. The van der Waals surface area contributed by atoms with E-state index in [1.165, 1.54) is 18.2 Å². The molecular weight excluding hydrogens is 336 g/mol. The van der Waals surface area contributed by atoms with Crippen molar-refractivity contribution in [2.45, 2.75) is 18.4 Å². The van der Waals surface area contributed by atoms with Crippen molar-refractivity contribution in [1.82, 2.24) is 5.32 Å². The predicted octanol–water partition coefficient (Wildman–Crippen LogP) is 4.74. The van der Waals surface area contributed by atoms with Crippen LogP contribution >= 0.6 is 0 Å². The first kappa shape index (κ1) is 17.8. The number of hydrogen-bond acceptors (Lipinski definition) is 1. The van der Waals surface area contributed by atoms with Gasteiger partial charge in [0.2, 0.25) is 0 Å². The van der Waals surface area contributed by atoms with E-state index < -0.39 is 35.4 Å². The van der Waals surface area contributed by atoms with Crippen molar-refractivity contribution in [2.24, 2.45) is 0 Å². The van der Waals surface area contributed by atoms with Gasteiger partial charge >= 0.3 is 12.4 Å². The van der Waals surface area contributed by atoms with Crippen LogP contribution in [0, 0.1) is 0 Å². The second-order valence-electron chi connectivity index (χ2n) is 4.90. The van der Waals surface area contributed by atoms with Crippen LogP contribution in [0.15, 0.2) is 54.6 Å². The van der Waals surface area contributed by atoms with Gasteiger partial charge in [-0.3, -0.25) is 4.79 Å². The molecule has 0 aromatic heterocycles. The fourth-order valence-electron chi connectivity index (χ4n) is 2.14. The van der Waals surface area contributed by atoms with Gasteiger partial charge in [0.15, 0.2) is 6.04 Å². The molecule has 0 fully saturated rings. The zero-order chi connectivity index (χ0) is 18.0. The Labute approximate surface area is 133 Å². The summed E-state index contributed by atoms with van der Waals surface area (Å²) < 4.78 is 78.2. The van der Waals surface area contributed by atoms with Crippen LogP contribution in [0.3, 0.4) is 0 Å². The molecule has 8 heteroatoms. The van der Waals surface area contributed by atoms with Crippen molar-refractivity contribution in [3.8, 4) is 0 Å². The maximum absolute atomic E-state index is 13.2. The Bertz CT molecular complexity index is 708. The van der Waals surface area contributed by atoms with Gasteiger partial charge in [0.1, 0.15) is 0 Å². The van der Waals surface area contributed by atoms with Crippen LogP contribution in [0.25, 0.3) is 0 Å². The minimum Gasteiger partial charge on any atom is -0.337 e. The number of carbonyl (C=O) groups excluding carboxylic acids is 1. The molecule has 2 aromatic carbocycles. The van der Waals surface area contributed by atoms with Crippen LogP contribution in [0.1, 0.15) is 27.5 Å². The van der Waals surface area contributed by atoms with Gasteiger partial charge in [-0.15, -0.1) is 0 Å². The molecule has 0 heterocycles. The monoisotopic (exact) mass is 347 g/mol. The molecule has 24 heavy (non-hydrogen) atoms. The Balaban J connectivity index is 2.37. The molecule has 1 amide bonds. The molecule has 2 aromatic rings. The van der Waals surface area contributed by atoms with Crippen molar-refractivity contribution in [3.63, 3.8) is 0 Å². The molecule has 1 unspecified atom stereocenters. The molecule has 0 bridgehead atoms. The van der Waals surface area contributed by atoms with Crippen LogP contribution in [-0.4, -0.2) is 12.1 Å². The van der Waals surface area contributed by atoms with Gasteiger partial charge in [-0.25, -0.2) is 0 Å². The lowest BCUT2D eigenvalue weighted by Gasteiger charge is -2.23. The van der Waals surface area contributed by atoms with E-state index in [0.717, 1.165) is 30.3 Å². The molecule has 0 aliphatic heterocycles. The molecule has 0 saturated carbocycles. The molecule has 1 atom stereocenters. The standard InChI is InChI=1S/C16H11F6NO/c17-15(18,19)12-9-5-4-8-11(12)14(24)23-13(16(20,21)22)10-6-2-1-3-7-10/h1-9,13H,(H,23,24). The van der Waals surface area contributed by atoms with Crippen LogP contribution in [0.5, 0.6) is 0 Å². The number of alkyl halides is 6. The third-order valence-electron chi connectivity index (χ3n) is 3.21. The van der Waals surface area contributed by atoms with E-state index in [1.54, 1.807) is 5.32 Å². The third-order valence-corrected chi connectivity index (χ3v) is 3.21. The topological polar surface area (TPSA) is 29.1 Å². The van der Waals surface area contributed by atoms with Crippen LogP contribution in [0.2, 0.25) is 0 Å². The maximum atomic E-state index is 13.2. The van der Waals surface area contributed by atoms with E-state index in [2.05, 4.69) is 0 Å². The normalized spacial score (nSPS) is 13.4. The smallest absolute Gasteiger partial charge is 0.337 e. The highest BCUT2D eigenvalue weighted by atomic mass is 19.4. The lowest BCUT2D eigenvalue weighted by Crippen LogP contribution is -2.38. The number of nitrogens with one attached hydrogen (secondary N) is 1. The fourth-order valence-corrected chi connectivity index (χ4v) is 2.14. The average Bonchev–Trinajstić information content (AvgIpc) is 2.51. The number of carbonyl (C=O) groups is 1. The largest absolute Gasteiger partial charge is 0.417 e. The summed E-state index contributed by atoms with van der Waals surface area (Å²) in [5, 5.41) is 1.64. The highest BCUT2D eigenvalue weighted by molar-refractivity contribution is 5.96. The van der Waals surface area contributed by atoms with Crippen molar-refractivity contribution in [1.29, 1.82) is 0 Å². The second-order valence-corrected chi connectivity index (χ2v) is 4.90. The molecule has 0 aliphatic carbocycles. The van der Waals surface area contributed by atoms with Crippen molar-refractivity contribution < 1.29 is 31.1 Å². The van der Waals surface area contributed by atoms with E-state index in [9.17, 15) is 31.1 Å². The van der Waals surface area contributed by atoms with Crippen LogP contribution < -0.4 is 5.32 Å². The van der Waals surface area contributed by atoms with Gasteiger partial charge in [0.05, 0.1) is 11.1 Å². The summed E-state index contributed by atoms with van der Waals surface area (Å²) in [5.41, 5.74) is -2.44. The van der Waals surface area contributed by atoms with Gasteiger partial charge in [-0.05, 0) is 17.7 Å². The summed E-state index contributed by atoms with van der Waals surface area (Å²) in [6, 6.07) is 7.69. The van der Waals surface area contributed by atoms with Gasteiger partial charge < -0.3 is 5.32 Å². The minimum atomic E-state index is -4.86. The first-order chi connectivity index (χ1) is 11.1. The predicted molar refractivity (Wildman–Crippen MR) is 74.1 cm³/mol. The molecular formula is C16H11F6NO. The maximum Gasteiger partial charge on any atom is 0.417 e. The number of benzene rings is 2. The molecule has 0 aliphatic rings. The third kappa shape index (κ3) is 4.06. The van der Waals surface area contributed by atoms with E-state index >= 15 is 0 Å². The van der Waals surface area contributed by atoms with Crippen LogP contribution in [-0.2, 0) is 6.18 Å². The second kappa shape index (κ2) is 6.54. The van der Waals surface area contributed by atoms with Crippen LogP contribution in [0.4, 0.5) is 26.3 Å². The average molecular weight is 347 g/mol. The van der Waals surface area contributed by atoms with Gasteiger partial charge in [0.25, 0.3) is 5.91 Å². The zero-order valence-corrected chi connectivity index (χ0v) is 11.9. The molecule has 2 nitrogen and oxygen atoms in total. The summed E-state index contributed by atoms with van der Waals surface area (Å²) in [4.78, 5) is 12.0. The van der Waals surface area contributed by atoms with E-state index in [0.29, 0.717) is 6.07 Å². The molecule has 0 spiro atoms. The number of hydrogen-bond donors (Lipinski definition) is 1. The van der Waals surface area contributed by atoms with Gasteiger partial charge in [0, 0.05) is 0 Å². The van der Waals surface area contributed by atoms with Crippen molar-refractivity contribution in [3.05, 3.63) is 71.3 Å². The molecule has 1 N–H and O–H groups in total. The number of amides is 1. The Morgan fingerprint density at radius 2 is 1.38 bits per heavy atom. The molecule has 0 saturated heterocycles. The Kier molecular flexibility index (Phi) is 4.86. The van der Waals surface area contributed by atoms with E-state index in [1.807, 2.05) is 0 Å². The molecule has 2 rings (SSSR count). The first-order valence-corrected chi connectivity index (χ1v) is 6.69. The number of rotatable bonds is 3. The van der Waals surface area contributed by atoms with Crippen molar-refractivity contribution >= 4 is 5.91 Å². The summed E-state index contributed by atoms with van der Waals surface area (Å²) in [5.74, 6) is -1.45. The zero-order valence-electron chi connectivity index (χ0n) is 11.9. The molecule has 0 radical (unpaired) electrons. The number of halogens is 6. The Morgan fingerprint density at radius 1 is 0.833 bits per heavy atom. The lowest BCUT2D eigenvalue weighted by atomic mass is 10.0. The summed E-state index contributed by atoms with van der Waals surface area (Å²) in [6.45, 7) is 0. The van der Waals surface area contributed by atoms with E-state index in [-0.39, 0.29) is 5.56 Å². The highest BCUT2D eigenvalue weighted by Crippen LogP contribution is 2.35. The molecule has 128 valence electrons. The Hall–Kier alpha value is -2.51. The fraction of sp³-hybridized carbons (Fsp3) is 0.188. The summed E-state index contributed by atoms with van der Waals surface area (Å²) in [6.07, 6.45) is -9.71. The van der Waals surface area contributed by atoms with Gasteiger partial charge in [-0.1, -0.05) is 42.5 Å². The highest BCUT2D eigenvalue weighted by Gasteiger charge is 2.43. The quantitative estimate of drug-likeness (QED) is 0.799. The lowest BCUT2D eigenvalue weighted by molar-refractivity contribution is -0.155. The summed E-state index contributed by atoms with van der Waals surface area (Å²) >= 11 is 0. The SMILES string of the molecule is O=C(NC(c1ccccc1)C(F)(F)F)c1ccccc1C(F)(F)F.